The molecule has 1 saturated heterocycles. The highest BCUT2D eigenvalue weighted by Gasteiger charge is 2.23. The molecule has 112 valence electrons. The summed E-state index contributed by atoms with van der Waals surface area (Å²) in [5.74, 6) is 0.936. The monoisotopic (exact) mass is 277 g/mol. The van der Waals surface area contributed by atoms with E-state index in [9.17, 15) is 0 Å². The Kier molecular flexibility index (Phi) is 5.46. The molecule has 0 spiro atoms. The van der Waals surface area contributed by atoms with Gasteiger partial charge in [0.05, 0.1) is 0 Å². The van der Waals surface area contributed by atoms with E-state index in [1.807, 2.05) is 12.4 Å². The van der Waals surface area contributed by atoms with Crippen LogP contribution in [0, 0.1) is 0 Å². The second kappa shape index (κ2) is 7.11. The Morgan fingerprint density at radius 3 is 2.65 bits per heavy atom. The van der Waals surface area contributed by atoms with Crippen molar-refractivity contribution in [3.8, 4) is 0 Å². The Morgan fingerprint density at radius 1 is 1.30 bits per heavy atom. The van der Waals surface area contributed by atoms with Gasteiger partial charge in [-0.15, -0.1) is 0 Å². The molecule has 2 rings (SSSR count). The zero-order chi connectivity index (χ0) is 14.5. The molecule has 1 aromatic rings. The zero-order valence-electron chi connectivity index (χ0n) is 12.9. The van der Waals surface area contributed by atoms with Crippen molar-refractivity contribution in [1.29, 1.82) is 0 Å². The molecule has 1 aromatic heterocycles. The second-order valence-corrected chi connectivity index (χ2v) is 5.98. The highest BCUT2D eigenvalue weighted by atomic mass is 15.3. The molecule has 0 saturated carbocycles. The van der Waals surface area contributed by atoms with Crippen LogP contribution in [0.2, 0.25) is 0 Å². The molecule has 20 heavy (non-hydrogen) atoms. The molecule has 2 atom stereocenters. The van der Waals surface area contributed by atoms with Gasteiger partial charge in [-0.25, -0.2) is 9.97 Å². The lowest BCUT2D eigenvalue weighted by Crippen LogP contribution is -2.50. The van der Waals surface area contributed by atoms with Crippen LogP contribution in [0.5, 0.6) is 0 Å². The summed E-state index contributed by atoms with van der Waals surface area (Å²) in [5.41, 5.74) is 7.09. The largest absolute Gasteiger partial charge is 0.327 e. The third kappa shape index (κ3) is 4.23. The molecule has 1 aliphatic rings. The van der Waals surface area contributed by atoms with Crippen LogP contribution in [0.15, 0.2) is 12.4 Å². The molecule has 0 aliphatic carbocycles. The van der Waals surface area contributed by atoms with Crippen molar-refractivity contribution in [1.82, 2.24) is 19.8 Å². The first-order valence-electron chi connectivity index (χ1n) is 7.52. The third-order valence-electron chi connectivity index (χ3n) is 4.18. The number of nitrogens with two attached hydrogens (primary N) is 1. The van der Waals surface area contributed by atoms with Gasteiger partial charge in [-0.2, -0.15) is 0 Å². The molecule has 0 aromatic carbocycles. The van der Waals surface area contributed by atoms with Crippen molar-refractivity contribution < 1.29 is 0 Å². The Hall–Kier alpha value is -1.04. The van der Waals surface area contributed by atoms with Crippen LogP contribution < -0.4 is 5.73 Å². The van der Waals surface area contributed by atoms with Crippen LogP contribution in [-0.2, 0) is 12.8 Å². The summed E-state index contributed by atoms with van der Waals surface area (Å²) in [5, 5.41) is 0. The van der Waals surface area contributed by atoms with Crippen LogP contribution >= 0.6 is 0 Å². The summed E-state index contributed by atoms with van der Waals surface area (Å²) in [6.45, 7) is 5.45. The first-order chi connectivity index (χ1) is 9.58. The van der Waals surface area contributed by atoms with E-state index in [4.69, 9.17) is 5.73 Å². The molecule has 0 radical (unpaired) electrons. The molecule has 0 bridgehead atoms. The SMILES string of the molecule is CCC(N)Cc1cnc(CC2CN(C)CCN2C)nc1. The summed E-state index contributed by atoms with van der Waals surface area (Å²) in [7, 11) is 4.36. The lowest BCUT2D eigenvalue weighted by atomic mass is 10.1. The third-order valence-corrected chi connectivity index (χ3v) is 4.18. The van der Waals surface area contributed by atoms with Crippen LogP contribution in [0.4, 0.5) is 0 Å². The normalized spacial score (nSPS) is 22.9. The van der Waals surface area contributed by atoms with E-state index in [0.717, 1.165) is 50.3 Å². The van der Waals surface area contributed by atoms with E-state index in [2.05, 4.69) is 40.8 Å². The van der Waals surface area contributed by atoms with Crippen molar-refractivity contribution in [2.45, 2.75) is 38.3 Å². The predicted octanol–water partition coefficient (Wildman–Crippen LogP) is 0.545. The van der Waals surface area contributed by atoms with Crippen LogP contribution in [-0.4, -0.2) is 65.6 Å². The minimum absolute atomic E-state index is 0.211. The van der Waals surface area contributed by atoms with Gasteiger partial charge in [0, 0.05) is 50.5 Å². The zero-order valence-corrected chi connectivity index (χ0v) is 12.9. The maximum atomic E-state index is 5.96. The van der Waals surface area contributed by atoms with Gasteiger partial charge in [0.15, 0.2) is 0 Å². The summed E-state index contributed by atoms with van der Waals surface area (Å²) < 4.78 is 0. The number of rotatable bonds is 5. The smallest absolute Gasteiger partial charge is 0.129 e. The fourth-order valence-corrected chi connectivity index (χ4v) is 2.57. The Morgan fingerprint density at radius 2 is 2.00 bits per heavy atom. The van der Waals surface area contributed by atoms with Gasteiger partial charge in [-0.3, -0.25) is 0 Å². The molecule has 1 aliphatic heterocycles. The van der Waals surface area contributed by atoms with E-state index in [-0.39, 0.29) is 6.04 Å². The summed E-state index contributed by atoms with van der Waals surface area (Å²) >= 11 is 0. The number of hydrogen-bond acceptors (Lipinski definition) is 5. The highest BCUT2D eigenvalue weighted by Crippen LogP contribution is 2.10. The number of likely N-dealkylation sites (N-methyl/N-ethyl adjacent to an activating group) is 2. The van der Waals surface area contributed by atoms with Crippen molar-refractivity contribution >= 4 is 0 Å². The van der Waals surface area contributed by atoms with Crippen molar-refractivity contribution in [3.63, 3.8) is 0 Å². The number of nitrogens with zero attached hydrogens (tertiary/aromatic N) is 4. The van der Waals surface area contributed by atoms with Crippen LogP contribution in [0.25, 0.3) is 0 Å². The lowest BCUT2D eigenvalue weighted by molar-refractivity contribution is 0.113. The van der Waals surface area contributed by atoms with E-state index in [0.29, 0.717) is 6.04 Å². The first-order valence-corrected chi connectivity index (χ1v) is 7.52. The number of aromatic nitrogens is 2. The topological polar surface area (TPSA) is 58.3 Å². The van der Waals surface area contributed by atoms with Gasteiger partial charge in [0.2, 0.25) is 0 Å². The molecular formula is C15H27N5. The standard InChI is InChI=1S/C15H27N5/c1-4-13(16)7-12-9-17-15(18-10-12)8-14-11-19(2)5-6-20(14)3/h9-10,13-14H,4-8,11,16H2,1-3H3. The van der Waals surface area contributed by atoms with Gasteiger partial charge in [0.25, 0.3) is 0 Å². The molecule has 2 heterocycles. The minimum Gasteiger partial charge on any atom is -0.327 e. The van der Waals surface area contributed by atoms with Gasteiger partial charge >= 0.3 is 0 Å². The molecule has 2 unspecified atom stereocenters. The number of hydrogen-bond donors (Lipinski definition) is 1. The predicted molar refractivity (Wildman–Crippen MR) is 81.6 cm³/mol. The van der Waals surface area contributed by atoms with E-state index in [1.165, 1.54) is 0 Å². The first kappa shape index (κ1) is 15.4. The molecule has 5 heteroatoms. The molecule has 2 N–H and O–H groups in total. The molecule has 5 nitrogen and oxygen atoms in total. The van der Waals surface area contributed by atoms with Gasteiger partial charge < -0.3 is 15.5 Å². The minimum atomic E-state index is 0.211. The molecule has 0 amide bonds. The van der Waals surface area contributed by atoms with Crippen LogP contribution in [0.3, 0.4) is 0 Å². The fraction of sp³-hybridized carbons (Fsp3) is 0.733. The lowest BCUT2D eigenvalue weighted by Gasteiger charge is -2.37. The van der Waals surface area contributed by atoms with Crippen molar-refractivity contribution in [3.05, 3.63) is 23.8 Å². The van der Waals surface area contributed by atoms with Crippen LogP contribution in [0.1, 0.15) is 24.7 Å². The highest BCUT2D eigenvalue weighted by molar-refractivity contribution is 5.08. The van der Waals surface area contributed by atoms with E-state index < -0.39 is 0 Å². The van der Waals surface area contributed by atoms with Crippen molar-refractivity contribution in [2.75, 3.05) is 33.7 Å². The van der Waals surface area contributed by atoms with E-state index in [1.54, 1.807) is 0 Å². The second-order valence-electron chi connectivity index (χ2n) is 5.98. The number of piperazine rings is 1. The Labute approximate surface area is 122 Å². The Balaban J connectivity index is 1.92. The van der Waals surface area contributed by atoms with Gasteiger partial charge in [0.1, 0.15) is 5.82 Å². The quantitative estimate of drug-likeness (QED) is 0.851. The maximum absolute atomic E-state index is 5.96. The summed E-state index contributed by atoms with van der Waals surface area (Å²) in [6, 6.07) is 0.722. The fourth-order valence-electron chi connectivity index (χ4n) is 2.57. The Bertz CT molecular complexity index is 405. The van der Waals surface area contributed by atoms with Gasteiger partial charge in [-0.1, -0.05) is 6.92 Å². The summed E-state index contributed by atoms with van der Waals surface area (Å²) in [6.07, 6.45) is 6.64. The van der Waals surface area contributed by atoms with E-state index >= 15 is 0 Å². The van der Waals surface area contributed by atoms with Gasteiger partial charge in [-0.05, 0) is 32.5 Å². The van der Waals surface area contributed by atoms with Crippen molar-refractivity contribution in [2.24, 2.45) is 5.73 Å². The summed E-state index contributed by atoms with van der Waals surface area (Å²) in [4.78, 5) is 13.8. The average Bonchev–Trinajstić information content (AvgIpc) is 2.45. The average molecular weight is 277 g/mol. The maximum Gasteiger partial charge on any atom is 0.129 e. The molecular weight excluding hydrogens is 250 g/mol. The molecule has 1 fully saturated rings.